The van der Waals surface area contributed by atoms with Gasteiger partial charge in [-0.25, -0.2) is 0 Å². The van der Waals surface area contributed by atoms with Crippen molar-refractivity contribution in [1.29, 1.82) is 0 Å². The first kappa shape index (κ1) is 26.8. The normalized spacial score (nSPS) is 16.4. The Labute approximate surface area is 234 Å². The molecule has 1 heterocycles. The number of carbonyl (C=O) groups is 2. The SMILES string of the molecule is COc1ccc(/C(O)=C2\C(=O)C(=O)N(c3ccccc3)C2c2cccc(OCc3ccccc3)c2)cc1C(C)C. The van der Waals surface area contributed by atoms with Crippen LogP contribution in [0.4, 0.5) is 5.69 Å². The number of hydrogen-bond acceptors (Lipinski definition) is 5. The highest BCUT2D eigenvalue weighted by Gasteiger charge is 2.47. The average molecular weight is 534 g/mol. The van der Waals surface area contributed by atoms with Crippen molar-refractivity contribution >= 4 is 23.1 Å². The van der Waals surface area contributed by atoms with Gasteiger partial charge in [0, 0.05) is 11.3 Å². The Morgan fingerprint density at radius 2 is 1.57 bits per heavy atom. The summed E-state index contributed by atoms with van der Waals surface area (Å²) in [6, 6.07) is 30.6. The molecule has 4 aromatic rings. The van der Waals surface area contributed by atoms with Crippen LogP contribution in [0.1, 0.15) is 48.1 Å². The molecule has 0 aromatic heterocycles. The molecule has 5 rings (SSSR count). The van der Waals surface area contributed by atoms with Crippen LogP contribution in [0.3, 0.4) is 0 Å². The Balaban J connectivity index is 1.62. The molecular weight excluding hydrogens is 502 g/mol. The fourth-order valence-electron chi connectivity index (χ4n) is 5.01. The summed E-state index contributed by atoms with van der Waals surface area (Å²) in [6.45, 7) is 4.42. The van der Waals surface area contributed by atoms with Gasteiger partial charge in [0.05, 0.1) is 18.7 Å². The number of nitrogens with zero attached hydrogens (tertiary/aromatic N) is 1. The molecule has 1 fully saturated rings. The van der Waals surface area contributed by atoms with Crippen molar-refractivity contribution in [2.24, 2.45) is 0 Å². The fraction of sp³-hybridized carbons (Fsp3) is 0.176. The van der Waals surface area contributed by atoms with Gasteiger partial charge in [-0.15, -0.1) is 0 Å². The first-order valence-corrected chi connectivity index (χ1v) is 13.2. The van der Waals surface area contributed by atoms with E-state index in [4.69, 9.17) is 9.47 Å². The number of anilines is 1. The Morgan fingerprint density at radius 1 is 0.875 bits per heavy atom. The molecule has 0 radical (unpaired) electrons. The molecule has 1 N–H and O–H groups in total. The van der Waals surface area contributed by atoms with Crippen molar-refractivity contribution < 1.29 is 24.2 Å². The van der Waals surface area contributed by atoms with Gasteiger partial charge in [0.15, 0.2) is 0 Å². The maximum absolute atomic E-state index is 13.6. The molecule has 202 valence electrons. The number of Topliss-reactive ketones (excluding diaryl/α,β-unsaturated/α-hetero) is 1. The number of aliphatic hydroxyl groups excluding tert-OH is 1. The van der Waals surface area contributed by atoms with E-state index >= 15 is 0 Å². The summed E-state index contributed by atoms with van der Waals surface area (Å²) >= 11 is 0. The Hall–Kier alpha value is -4.84. The zero-order valence-corrected chi connectivity index (χ0v) is 22.7. The second kappa shape index (κ2) is 11.5. The van der Waals surface area contributed by atoms with E-state index in [9.17, 15) is 14.7 Å². The quantitative estimate of drug-likeness (QED) is 0.150. The largest absolute Gasteiger partial charge is 0.507 e. The predicted octanol–water partition coefficient (Wildman–Crippen LogP) is 7.02. The molecular formula is C34H31NO5. The zero-order valence-electron chi connectivity index (χ0n) is 22.7. The standard InChI is InChI=1S/C34H31NO5/c1-22(2)28-20-25(17-18-29(28)39-3)32(36)30-31(35(34(38)33(30)37)26-14-8-5-9-15-26)24-13-10-16-27(19-24)40-21-23-11-6-4-7-12-23/h4-20,22,31,36H,21H2,1-3H3/b32-30+. The van der Waals surface area contributed by atoms with Crippen molar-refractivity contribution in [3.05, 3.63) is 131 Å². The van der Waals surface area contributed by atoms with E-state index in [1.54, 1.807) is 31.4 Å². The maximum Gasteiger partial charge on any atom is 0.300 e. The number of para-hydroxylation sites is 1. The lowest BCUT2D eigenvalue weighted by Gasteiger charge is -2.26. The lowest BCUT2D eigenvalue weighted by Crippen LogP contribution is -2.29. The van der Waals surface area contributed by atoms with Crippen LogP contribution in [0.15, 0.2) is 109 Å². The topological polar surface area (TPSA) is 76.1 Å². The van der Waals surface area contributed by atoms with Gasteiger partial charge in [-0.05, 0) is 65.1 Å². The molecule has 1 amide bonds. The van der Waals surface area contributed by atoms with E-state index < -0.39 is 17.7 Å². The van der Waals surface area contributed by atoms with Crippen molar-refractivity contribution in [3.8, 4) is 11.5 Å². The van der Waals surface area contributed by atoms with E-state index in [2.05, 4.69) is 0 Å². The number of amides is 1. The van der Waals surface area contributed by atoms with Gasteiger partial charge < -0.3 is 14.6 Å². The number of aliphatic hydroxyl groups is 1. The summed E-state index contributed by atoms with van der Waals surface area (Å²) < 4.78 is 11.6. The zero-order chi connectivity index (χ0) is 28.2. The Morgan fingerprint density at radius 3 is 2.25 bits per heavy atom. The minimum absolute atomic E-state index is 0.0222. The molecule has 6 heteroatoms. The third-order valence-corrected chi connectivity index (χ3v) is 7.03. The minimum atomic E-state index is -0.854. The predicted molar refractivity (Wildman–Crippen MR) is 156 cm³/mol. The minimum Gasteiger partial charge on any atom is -0.507 e. The highest BCUT2D eigenvalue weighted by molar-refractivity contribution is 6.51. The van der Waals surface area contributed by atoms with Crippen molar-refractivity contribution in [2.75, 3.05) is 12.0 Å². The van der Waals surface area contributed by atoms with Crippen LogP contribution in [0.25, 0.3) is 5.76 Å². The van der Waals surface area contributed by atoms with E-state index in [-0.39, 0.29) is 17.3 Å². The highest BCUT2D eigenvalue weighted by Crippen LogP contribution is 2.43. The molecule has 1 aliphatic rings. The number of ketones is 1. The molecule has 40 heavy (non-hydrogen) atoms. The van der Waals surface area contributed by atoms with Gasteiger partial charge in [0.25, 0.3) is 11.7 Å². The van der Waals surface area contributed by atoms with Gasteiger partial charge in [-0.2, -0.15) is 0 Å². The lowest BCUT2D eigenvalue weighted by atomic mass is 9.93. The Kier molecular flexibility index (Phi) is 7.69. The average Bonchev–Trinajstić information content (AvgIpc) is 3.26. The van der Waals surface area contributed by atoms with Crippen LogP contribution in [-0.2, 0) is 16.2 Å². The van der Waals surface area contributed by atoms with E-state index in [0.717, 1.165) is 11.1 Å². The van der Waals surface area contributed by atoms with Crippen molar-refractivity contribution in [2.45, 2.75) is 32.4 Å². The molecule has 6 nitrogen and oxygen atoms in total. The first-order valence-electron chi connectivity index (χ1n) is 13.2. The van der Waals surface area contributed by atoms with E-state index in [1.807, 2.05) is 92.7 Å². The highest BCUT2D eigenvalue weighted by atomic mass is 16.5. The van der Waals surface area contributed by atoms with E-state index in [0.29, 0.717) is 34.9 Å². The number of carbonyl (C=O) groups excluding carboxylic acids is 2. The van der Waals surface area contributed by atoms with Crippen LogP contribution in [0.2, 0.25) is 0 Å². The molecule has 1 saturated heterocycles. The third kappa shape index (κ3) is 5.21. The number of methoxy groups -OCH3 is 1. The molecule has 0 spiro atoms. The number of hydrogen-bond donors (Lipinski definition) is 1. The lowest BCUT2D eigenvalue weighted by molar-refractivity contribution is -0.132. The third-order valence-electron chi connectivity index (χ3n) is 7.03. The van der Waals surface area contributed by atoms with E-state index in [1.165, 1.54) is 4.90 Å². The Bertz CT molecular complexity index is 1560. The summed E-state index contributed by atoms with van der Waals surface area (Å²) in [6.07, 6.45) is 0. The first-order chi connectivity index (χ1) is 19.4. The smallest absolute Gasteiger partial charge is 0.300 e. The van der Waals surface area contributed by atoms with Crippen LogP contribution < -0.4 is 14.4 Å². The molecule has 1 atom stereocenters. The van der Waals surface area contributed by atoms with Gasteiger partial charge in [-0.3, -0.25) is 14.5 Å². The fourth-order valence-corrected chi connectivity index (χ4v) is 5.01. The van der Waals surface area contributed by atoms with Crippen LogP contribution in [0.5, 0.6) is 11.5 Å². The number of benzene rings is 4. The maximum atomic E-state index is 13.6. The summed E-state index contributed by atoms with van der Waals surface area (Å²) in [5.41, 5.74) is 3.57. The van der Waals surface area contributed by atoms with Gasteiger partial charge in [0.1, 0.15) is 23.9 Å². The second-order valence-electron chi connectivity index (χ2n) is 9.96. The van der Waals surface area contributed by atoms with Crippen LogP contribution >= 0.6 is 0 Å². The number of rotatable bonds is 8. The van der Waals surface area contributed by atoms with Gasteiger partial charge in [-0.1, -0.05) is 74.5 Å². The summed E-state index contributed by atoms with van der Waals surface area (Å²) in [5, 5.41) is 11.6. The van der Waals surface area contributed by atoms with Gasteiger partial charge in [0.2, 0.25) is 0 Å². The molecule has 0 bridgehead atoms. The molecule has 1 aliphatic heterocycles. The number of ether oxygens (including phenoxy) is 2. The monoisotopic (exact) mass is 533 g/mol. The summed E-state index contributed by atoms with van der Waals surface area (Å²) in [5.74, 6) is -0.289. The van der Waals surface area contributed by atoms with Crippen molar-refractivity contribution in [1.82, 2.24) is 0 Å². The second-order valence-corrected chi connectivity index (χ2v) is 9.96. The summed E-state index contributed by atoms with van der Waals surface area (Å²) in [7, 11) is 1.60. The molecule has 1 unspecified atom stereocenters. The van der Waals surface area contributed by atoms with Gasteiger partial charge >= 0.3 is 0 Å². The molecule has 0 saturated carbocycles. The molecule has 0 aliphatic carbocycles. The van der Waals surface area contributed by atoms with Crippen molar-refractivity contribution in [3.63, 3.8) is 0 Å². The summed E-state index contributed by atoms with van der Waals surface area (Å²) in [4.78, 5) is 28.5. The van der Waals surface area contributed by atoms with Crippen LogP contribution in [-0.4, -0.2) is 23.9 Å². The molecule has 4 aromatic carbocycles. The van der Waals surface area contributed by atoms with Crippen LogP contribution in [0, 0.1) is 0 Å².